The van der Waals surface area contributed by atoms with Gasteiger partial charge in [0.15, 0.2) is 11.7 Å². The van der Waals surface area contributed by atoms with Gasteiger partial charge in [0.25, 0.3) is 10.0 Å². The Morgan fingerprint density at radius 3 is 2.76 bits per heavy atom. The van der Waals surface area contributed by atoms with E-state index in [1.54, 1.807) is 16.3 Å². The third kappa shape index (κ3) is 3.32. The molecule has 1 amide bonds. The molecule has 0 aliphatic carbocycles. The Kier molecular flexibility index (Phi) is 4.70. The lowest BCUT2D eigenvalue weighted by atomic mass is 9.92. The van der Waals surface area contributed by atoms with E-state index in [0.717, 1.165) is 12.5 Å². The van der Waals surface area contributed by atoms with E-state index in [1.807, 2.05) is 13.8 Å². The Balaban J connectivity index is 1.77. The van der Waals surface area contributed by atoms with Crippen molar-refractivity contribution in [2.24, 2.45) is 16.2 Å². The lowest BCUT2D eigenvalue weighted by molar-refractivity contribution is -0.119. The number of ketones is 1. The number of nitrogens with zero attached hydrogens (tertiary/aromatic N) is 2. The topological polar surface area (TPSA) is 116 Å². The van der Waals surface area contributed by atoms with Crippen LogP contribution in [-0.4, -0.2) is 37.6 Å². The number of amides is 1. The maximum absolute atomic E-state index is 13.2. The van der Waals surface area contributed by atoms with E-state index in [0.29, 0.717) is 23.0 Å². The van der Waals surface area contributed by atoms with Crippen LogP contribution in [0.2, 0.25) is 0 Å². The van der Waals surface area contributed by atoms with E-state index in [9.17, 15) is 23.1 Å². The van der Waals surface area contributed by atoms with Crippen LogP contribution in [0.5, 0.6) is 5.75 Å². The number of hydrogen-bond donors (Lipinski definition) is 2. The van der Waals surface area contributed by atoms with E-state index < -0.39 is 27.6 Å². The number of rotatable bonds is 4. The first-order valence-corrected chi connectivity index (χ1v) is 11.4. The lowest BCUT2D eigenvalue weighted by Crippen LogP contribution is -2.50. The molecule has 0 radical (unpaired) electrons. The van der Waals surface area contributed by atoms with Gasteiger partial charge in [0.1, 0.15) is 21.5 Å². The highest BCUT2D eigenvalue weighted by molar-refractivity contribution is 7.90. The zero-order valence-corrected chi connectivity index (χ0v) is 17.4. The van der Waals surface area contributed by atoms with Gasteiger partial charge in [-0.25, -0.2) is 0 Å². The van der Waals surface area contributed by atoms with Crippen LogP contribution in [0, 0.1) is 11.8 Å². The summed E-state index contributed by atoms with van der Waals surface area (Å²) in [5, 5.41) is 14.7. The minimum atomic E-state index is -4.17. The average molecular weight is 434 g/mol. The fraction of sp³-hybridized carbons (Fsp3) is 0.316. The number of hydrogen-bond acceptors (Lipinski definition) is 7. The van der Waals surface area contributed by atoms with E-state index >= 15 is 0 Å². The Labute approximate surface area is 171 Å². The summed E-state index contributed by atoms with van der Waals surface area (Å²) in [6, 6.07) is 5.42. The van der Waals surface area contributed by atoms with Gasteiger partial charge in [-0.05, 0) is 35.9 Å². The SMILES string of the molecule is CC(C)CCN1C(=O)C(C2=NS(=O)(=O)c3cc(O)ccc3N2)C(=O)c2ccsc21. The summed E-state index contributed by atoms with van der Waals surface area (Å²) in [5.41, 5.74) is 0.556. The summed E-state index contributed by atoms with van der Waals surface area (Å²) in [5.74, 6) is -2.41. The molecule has 152 valence electrons. The fourth-order valence-corrected chi connectivity index (χ4v) is 5.47. The first-order valence-electron chi connectivity index (χ1n) is 9.07. The monoisotopic (exact) mass is 433 g/mol. The molecular weight excluding hydrogens is 414 g/mol. The van der Waals surface area contributed by atoms with Gasteiger partial charge in [-0.15, -0.1) is 15.7 Å². The van der Waals surface area contributed by atoms with Crippen LogP contribution in [0.1, 0.15) is 30.6 Å². The van der Waals surface area contributed by atoms with E-state index in [4.69, 9.17) is 0 Å². The summed E-state index contributed by atoms with van der Waals surface area (Å²) in [7, 11) is -4.17. The molecule has 2 aliphatic heterocycles. The highest BCUT2D eigenvalue weighted by Crippen LogP contribution is 2.38. The number of carbonyl (C=O) groups excluding carboxylic acids is 2. The number of thiophene rings is 1. The zero-order valence-electron chi connectivity index (χ0n) is 15.7. The minimum Gasteiger partial charge on any atom is -0.508 e. The third-order valence-electron chi connectivity index (χ3n) is 4.86. The molecule has 1 aromatic carbocycles. The molecule has 1 atom stereocenters. The molecule has 1 unspecified atom stereocenters. The number of fused-ring (bicyclic) bond motifs is 2. The molecule has 2 aliphatic rings. The predicted molar refractivity (Wildman–Crippen MR) is 110 cm³/mol. The third-order valence-corrected chi connectivity index (χ3v) is 7.12. The number of carbonyl (C=O) groups is 2. The van der Waals surface area contributed by atoms with Crippen LogP contribution in [-0.2, 0) is 14.8 Å². The van der Waals surface area contributed by atoms with Gasteiger partial charge in [0.05, 0.1) is 11.3 Å². The molecule has 1 aromatic heterocycles. The quantitative estimate of drug-likeness (QED) is 0.566. The van der Waals surface area contributed by atoms with Crippen molar-refractivity contribution >= 4 is 49.6 Å². The second-order valence-corrected chi connectivity index (χ2v) is 9.83. The van der Waals surface area contributed by atoms with Gasteiger partial charge in [-0.3, -0.25) is 9.59 Å². The molecule has 8 nitrogen and oxygen atoms in total. The minimum absolute atomic E-state index is 0.165. The van der Waals surface area contributed by atoms with Crippen LogP contribution in [0.3, 0.4) is 0 Å². The van der Waals surface area contributed by atoms with Gasteiger partial charge in [-0.2, -0.15) is 8.42 Å². The molecule has 2 aromatic rings. The average Bonchev–Trinajstić information content (AvgIpc) is 3.11. The van der Waals surface area contributed by atoms with Gasteiger partial charge in [-0.1, -0.05) is 13.8 Å². The number of amidine groups is 1. The Morgan fingerprint density at radius 2 is 2.03 bits per heavy atom. The van der Waals surface area contributed by atoms with Crippen LogP contribution >= 0.6 is 11.3 Å². The number of anilines is 2. The van der Waals surface area contributed by atoms with Crippen LogP contribution in [0.25, 0.3) is 0 Å². The number of Topliss-reactive ketones (excluding diaryl/α,β-unsaturated/α-hetero) is 1. The molecule has 2 N–H and O–H groups in total. The number of aromatic hydroxyl groups is 1. The van der Waals surface area contributed by atoms with Gasteiger partial charge in [0, 0.05) is 12.6 Å². The van der Waals surface area contributed by atoms with Crippen molar-refractivity contribution in [1.82, 2.24) is 0 Å². The van der Waals surface area contributed by atoms with E-state index in [2.05, 4.69) is 9.71 Å². The largest absolute Gasteiger partial charge is 0.508 e. The molecular formula is C19H19N3O5S2. The fourth-order valence-electron chi connectivity index (χ4n) is 3.35. The molecule has 4 rings (SSSR count). The summed E-state index contributed by atoms with van der Waals surface area (Å²) in [6.07, 6.45) is 0.740. The highest BCUT2D eigenvalue weighted by Gasteiger charge is 2.45. The van der Waals surface area contributed by atoms with Crippen molar-refractivity contribution in [3.05, 3.63) is 35.2 Å². The summed E-state index contributed by atoms with van der Waals surface area (Å²) >= 11 is 1.31. The number of sulfonamides is 1. The van der Waals surface area contributed by atoms with Crippen molar-refractivity contribution in [3.63, 3.8) is 0 Å². The first kappa shape index (κ1) is 19.6. The van der Waals surface area contributed by atoms with Crippen LogP contribution in [0.4, 0.5) is 10.7 Å². The molecule has 0 fully saturated rings. The van der Waals surface area contributed by atoms with Crippen molar-refractivity contribution in [1.29, 1.82) is 0 Å². The predicted octanol–water partition coefficient (Wildman–Crippen LogP) is 2.86. The van der Waals surface area contributed by atoms with Crippen LogP contribution < -0.4 is 10.2 Å². The highest BCUT2D eigenvalue weighted by atomic mass is 32.2. The molecule has 0 bridgehead atoms. The summed E-state index contributed by atoms with van der Waals surface area (Å²) in [4.78, 5) is 27.6. The first-order chi connectivity index (χ1) is 13.7. The van der Waals surface area contributed by atoms with Crippen LogP contribution in [0.15, 0.2) is 38.9 Å². The Morgan fingerprint density at radius 1 is 1.28 bits per heavy atom. The van der Waals surface area contributed by atoms with Crippen molar-refractivity contribution < 1.29 is 23.1 Å². The number of benzene rings is 1. The Hall–Kier alpha value is -2.72. The Bertz CT molecular complexity index is 1150. The van der Waals surface area contributed by atoms with Gasteiger partial charge < -0.3 is 15.3 Å². The van der Waals surface area contributed by atoms with Crippen molar-refractivity contribution in [2.75, 3.05) is 16.8 Å². The van der Waals surface area contributed by atoms with Crippen molar-refractivity contribution in [2.45, 2.75) is 25.2 Å². The lowest BCUT2D eigenvalue weighted by Gasteiger charge is -2.33. The smallest absolute Gasteiger partial charge is 0.286 e. The second-order valence-electron chi connectivity index (χ2n) is 7.37. The summed E-state index contributed by atoms with van der Waals surface area (Å²) < 4.78 is 28.9. The molecule has 10 heteroatoms. The van der Waals surface area contributed by atoms with Crippen molar-refractivity contribution in [3.8, 4) is 5.75 Å². The maximum Gasteiger partial charge on any atom is 0.286 e. The molecule has 0 saturated heterocycles. The number of phenols is 1. The summed E-state index contributed by atoms with van der Waals surface area (Å²) in [6.45, 7) is 4.51. The molecule has 0 saturated carbocycles. The van der Waals surface area contributed by atoms with E-state index in [-0.39, 0.29) is 22.2 Å². The number of phenolic OH excluding ortho intramolecular Hbond substituents is 1. The van der Waals surface area contributed by atoms with Gasteiger partial charge >= 0.3 is 0 Å². The standard InChI is InChI=1S/C19H19N3O5S2/c1-10(2)5-7-22-18(25)15(16(24)12-6-8-28-19(12)22)17-20-13-4-3-11(23)9-14(13)29(26,27)21-17/h3-4,6,8-10,15,23H,5,7H2,1-2H3,(H,20,21). The molecule has 0 spiro atoms. The normalized spacial score (nSPS) is 20.2. The maximum atomic E-state index is 13.2. The second kappa shape index (κ2) is 6.96. The molecule has 29 heavy (non-hydrogen) atoms. The zero-order chi connectivity index (χ0) is 20.9. The van der Waals surface area contributed by atoms with E-state index in [1.165, 1.54) is 23.5 Å². The molecule has 3 heterocycles. The number of nitrogens with one attached hydrogen (secondary N) is 1. The van der Waals surface area contributed by atoms with Gasteiger partial charge in [0.2, 0.25) is 5.91 Å².